The highest BCUT2D eigenvalue weighted by atomic mass is 32.2. The average molecular weight is 503 g/mol. The molecule has 0 saturated carbocycles. The Hall–Kier alpha value is -3.62. The molecular weight excluding hydrogens is 472 g/mol. The summed E-state index contributed by atoms with van der Waals surface area (Å²) in [5.41, 5.74) is 5.79. The fourth-order valence-electron chi connectivity index (χ4n) is 4.79. The van der Waals surface area contributed by atoms with Gasteiger partial charge in [0, 0.05) is 29.2 Å². The number of fused-ring (bicyclic) bond motifs is 1. The molecule has 2 heterocycles. The predicted octanol–water partition coefficient (Wildman–Crippen LogP) is 4.98. The summed E-state index contributed by atoms with van der Waals surface area (Å²) in [4.78, 5) is 15.6. The van der Waals surface area contributed by atoms with E-state index in [4.69, 9.17) is 0 Å². The smallest absolute Gasteiger partial charge is 0.258 e. The van der Waals surface area contributed by atoms with Crippen LogP contribution < -0.4 is 15.4 Å². The lowest BCUT2D eigenvalue weighted by atomic mass is 9.99. The molecule has 0 atom stereocenters. The molecule has 0 unspecified atom stereocenters. The summed E-state index contributed by atoms with van der Waals surface area (Å²) in [6.45, 7) is 3.24. The van der Waals surface area contributed by atoms with Crippen molar-refractivity contribution < 1.29 is 13.2 Å². The summed E-state index contributed by atoms with van der Waals surface area (Å²) in [6.07, 6.45) is 4.95. The molecule has 1 saturated heterocycles. The average Bonchev–Trinajstić information content (AvgIpc) is 3.18. The highest BCUT2D eigenvalue weighted by Gasteiger charge is 2.29. The van der Waals surface area contributed by atoms with Crippen LogP contribution >= 0.6 is 0 Å². The van der Waals surface area contributed by atoms with Crippen molar-refractivity contribution in [1.82, 2.24) is 4.90 Å². The molecule has 0 bridgehead atoms. The van der Waals surface area contributed by atoms with Gasteiger partial charge in [0.15, 0.2) is 0 Å². The van der Waals surface area contributed by atoms with Crippen LogP contribution in [0.5, 0.6) is 0 Å². The number of piperidine rings is 1. The summed E-state index contributed by atoms with van der Waals surface area (Å²) in [7, 11) is -3.45. The van der Waals surface area contributed by atoms with Gasteiger partial charge in [-0.15, -0.1) is 0 Å². The maximum Gasteiger partial charge on any atom is 0.258 e. The second-order valence-electron chi connectivity index (χ2n) is 9.36. The molecular formula is C28H30N4O3S. The second-order valence-corrected chi connectivity index (χ2v) is 11.1. The van der Waals surface area contributed by atoms with Gasteiger partial charge in [-0.25, -0.2) is 8.42 Å². The molecule has 2 aliphatic rings. The normalized spacial score (nSPS) is 17.3. The van der Waals surface area contributed by atoms with Gasteiger partial charge in [-0.3, -0.25) is 14.4 Å². The van der Waals surface area contributed by atoms with Crippen molar-refractivity contribution >= 4 is 44.3 Å². The third-order valence-corrected chi connectivity index (χ3v) is 7.06. The number of likely N-dealkylation sites (tertiary alicyclic amines) is 1. The van der Waals surface area contributed by atoms with Gasteiger partial charge in [-0.2, -0.15) is 0 Å². The monoisotopic (exact) mass is 502 g/mol. The van der Waals surface area contributed by atoms with Crippen molar-refractivity contribution in [3.8, 4) is 0 Å². The second kappa shape index (κ2) is 10.2. The molecule has 3 aromatic carbocycles. The lowest BCUT2D eigenvalue weighted by Crippen LogP contribution is -2.29. The van der Waals surface area contributed by atoms with E-state index in [9.17, 15) is 13.2 Å². The molecule has 0 aliphatic carbocycles. The van der Waals surface area contributed by atoms with E-state index in [-0.39, 0.29) is 5.91 Å². The molecule has 3 N–H and O–H groups in total. The predicted molar refractivity (Wildman–Crippen MR) is 146 cm³/mol. The molecule has 2 aliphatic heterocycles. The first-order chi connectivity index (χ1) is 17.4. The van der Waals surface area contributed by atoms with Crippen molar-refractivity contribution in [1.29, 1.82) is 0 Å². The van der Waals surface area contributed by atoms with Gasteiger partial charge in [-0.05, 0) is 67.4 Å². The van der Waals surface area contributed by atoms with Crippen molar-refractivity contribution in [2.24, 2.45) is 0 Å². The molecule has 0 spiro atoms. The van der Waals surface area contributed by atoms with Gasteiger partial charge < -0.3 is 10.6 Å². The minimum atomic E-state index is -3.45. The molecule has 8 heteroatoms. The fraction of sp³-hybridized carbons (Fsp3) is 0.250. The molecule has 7 nitrogen and oxygen atoms in total. The molecule has 0 radical (unpaired) electrons. The zero-order valence-corrected chi connectivity index (χ0v) is 21.1. The number of nitrogens with one attached hydrogen (secondary N) is 3. The van der Waals surface area contributed by atoms with Crippen LogP contribution in [0.15, 0.2) is 72.8 Å². The number of rotatable bonds is 7. The minimum absolute atomic E-state index is 0.241. The number of anilines is 3. The number of hydrogen-bond acceptors (Lipinski definition) is 5. The van der Waals surface area contributed by atoms with E-state index >= 15 is 0 Å². The first-order valence-corrected chi connectivity index (χ1v) is 14.1. The largest absolute Gasteiger partial charge is 0.354 e. The van der Waals surface area contributed by atoms with Gasteiger partial charge >= 0.3 is 0 Å². The summed E-state index contributed by atoms with van der Waals surface area (Å²) < 4.78 is 26.1. The summed E-state index contributed by atoms with van der Waals surface area (Å²) >= 11 is 0. The van der Waals surface area contributed by atoms with Crippen LogP contribution in [0.1, 0.15) is 36.0 Å². The Morgan fingerprint density at radius 2 is 1.61 bits per heavy atom. The van der Waals surface area contributed by atoms with E-state index in [0.29, 0.717) is 28.2 Å². The number of hydrogen-bond donors (Lipinski definition) is 3. The van der Waals surface area contributed by atoms with Crippen molar-refractivity contribution in [2.75, 3.05) is 34.7 Å². The third-order valence-electron chi connectivity index (χ3n) is 6.46. The molecule has 0 aromatic heterocycles. The minimum Gasteiger partial charge on any atom is -0.354 e. The van der Waals surface area contributed by atoms with Crippen molar-refractivity contribution in [3.63, 3.8) is 0 Å². The van der Waals surface area contributed by atoms with Crippen LogP contribution in [0.3, 0.4) is 0 Å². The summed E-state index contributed by atoms with van der Waals surface area (Å²) in [6, 6.07) is 23.1. The Morgan fingerprint density at radius 1 is 0.917 bits per heavy atom. The number of amides is 1. The quantitative estimate of drug-likeness (QED) is 0.397. The van der Waals surface area contributed by atoms with E-state index in [2.05, 4.69) is 32.4 Å². The maximum atomic E-state index is 13.2. The lowest BCUT2D eigenvalue weighted by Gasteiger charge is -2.26. The van der Waals surface area contributed by atoms with Crippen LogP contribution in [0.2, 0.25) is 0 Å². The van der Waals surface area contributed by atoms with E-state index in [0.717, 1.165) is 37.1 Å². The Labute approximate surface area is 212 Å². The Bertz CT molecular complexity index is 1390. The van der Waals surface area contributed by atoms with Crippen LogP contribution in [0.25, 0.3) is 11.3 Å². The summed E-state index contributed by atoms with van der Waals surface area (Å²) in [5.74, 6) is -0.241. The van der Waals surface area contributed by atoms with Crippen LogP contribution in [0.4, 0.5) is 17.1 Å². The highest BCUT2D eigenvalue weighted by molar-refractivity contribution is 7.92. The fourth-order valence-corrected chi connectivity index (χ4v) is 5.35. The Balaban J connectivity index is 1.50. The number of sulfonamides is 1. The lowest BCUT2D eigenvalue weighted by molar-refractivity contribution is -0.110. The molecule has 1 fully saturated rings. The van der Waals surface area contributed by atoms with E-state index in [1.807, 2.05) is 42.5 Å². The zero-order chi connectivity index (χ0) is 25.1. The van der Waals surface area contributed by atoms with Gasteiger partial charge in [0.25, 0.3) is 5.91 Å². The van der Waals surface area contributed by atoms with Crippen LogP contribution in [-0.2, 0) is 21.4 Å². The SMILES string of the molecule is CS(=O)(=O)Nc1ccc2c(c1)/C(=C(/Nc1ccc(CN3CCCCC3)cc1)c1ccccc1)C(=O)N2. The topological polar surface area (TPSA) is 90.5 Å². The standard InChI is InChI=1S/C28H30N4O3S/c1-36(34,35)31-23-14-15-25-24(18-23)26(28(33)30-25)27(21-8-4-2-5-9-21)29-22-12-10-20(11-13-22)19-32-16-6-3-7-17-32/h2,4-5,8-15,18,29,31H,3,6-7,16-17,19H2,1H3,(H,30,33)/b27-26-. The first kappa shape index (κ1) is 24.1. The first-order valence-electron chi connectivity index (χ1n) is 12.2. The Morgan fingerprint density at radius 3 is 2.31 bits per heavy atom. The molecule has 1 amide bonds. The molecule has 36 heavy (non-hydrogen) atoms. The maximum absolute atomic E-state index is 13.2. The van der Waals surface area contributed by atoms with Gasteiger partial charge in [0.2, 0.25) is 10.0 Å². The van der Waals surface area contributed by atoms with Gasteiger partial charge in [0.1, 0.15) is 0 Å². The van der Waals surface area contributed by atoms with Gasteiger partial charge in [-0.1, -0.05) is 48.9 Å². The van der Waals surface area contributed by atoms with Crippen molar-refractivity contribution in [3.05, 3.63) is 89.5 Å². The number of nitrogens with zero attached hydrogens (tertiary/aromatic N) is 1. The summed E-state index contributed by atoms with van der Waals surface area (Å²) in [5, 5.41) is 6.38. The number of benzene rings is 3. The number of carbonyl (C=O) groups is 1. The molecule has 3 aromatic rings. The number of carbonyl (C=O) groups excluding carboxylic acids is 1. The van der Waals surface area contributed by atoms with E-state index < -0.39 is 10.0 Å². The third kappa shape index (κ3) is 5.61. The van der Waals surface area contributed by atoms with Gasteiger partial charge in [0.05, 0.1) is 17.5 Å². The van der Waals surface area contributed by atoms with Crippen LogP contribution in [0, 0.1) is 0 Å². The van der Waals surface area contributed by atoms with E-state index in [1.165, 1.54) is 24.8 Å². The zero-order valence-electron chi connectivity index (χ0n) is 20.3. The Kier molecular flexibility index (Phi) is 6.80. The molecule has 5 rings (SSSR count). The van der Waals surface area contributed by atoms with Crippen molar-refractivity contribution in [2.45, 2.75) is 25.8 Å². The van der Waals surface area contributed by atoms with Crippen LogP contribution in [-0.4, -0.2) is 38.6 Å². The highest BCUT2D eigenvalue weighted by Crippen LogP contribution is 2.39. The van der Waals surface area contributed by atoms with E-state index in [1.54, 1.807) is 18.2 Å². The molecule has 186 valence electrons.